The van der Waals surface area contributed by atoms with Gasteiger partial charge in [0.2, 0.25) is 5.76 Å². The summed E-state index contributed by atoms with van der Waals surface area (Å²) in [5.41, 5.74) is 0.852. The van der Waals surface area contributed by atoms with Crippen LogP contribution in [0.2, 0.25) is 0 Å². The Morgan fingerprint density at radius 1 is 1.20 bits per heavy atom. The molecule has 1 aromatic carbocycles. The van der Waals surface area contributed by atoms with Gasteiger partial charge in [-0.15, -0.1) is 0 Å². The molecule has 0 atom stereocenters. The molecule has 0 N–H and O–H groups in total. The van der Waals surface area contributed by atoms with E-state index in [1.54, 1.807) is 20.1 Å². The van der Waals surface area contributed by atoms with Crippen LogP contribution in [0.3, 0.4) is 0 Å². The van der Waals surface area contributed by atoms with E-state index in [1.807, 2.05) is 6.07 Å². The van der Waals surface area contributed by atoms with Crippen molar-refractivity contribution in [1.29, 1.82) is 0 Å². The molecule has 0 aliphatic carbocycles. The van der Waals surface area contributed by atoms with E-state index < -0.39 is 5.97 Å². The Hall–Kier alpha value is -2.54. The van der Waals surface area contributed by atoms with E-state index >= 15 is 0 Å². The van der Waals surface area contributed by atoms with E-state index in [0.29, 0.717) is 16.7 Å². The van der Waals surface area contributed by atoms with Crippen molar-refractivity contribution in [2.24, 2.45) is 0 Å². The van der Waals surface area contributed by atoms with Gasteiger partial charge in [0.25, 0.3) is 0 Å². The Balaban J connectivity index is 2.15. The number of methoxy groups -OCH3 is 1. The van der Waals surface area contributed by atoms with Crippen molar-refractivity contribution in [2.75, 3.05) is 51.8 Å². The lowest BCUT2D eigenvalue weighted by Crippen LogP contribution is -2.44. The first kappa shape index (κ1) is 17.3. The first-order valence-corrected chi connectivity index (χ1v) is 8.30. The van der Waals surface area contributed by atoms with Crippen LogP contribution in [-0.2, 0) is 4.74 Å². The number of esters is 1. The summed E-state index contributed by atoms with van der Waals surface area (Å²) in [4.78, 5) is 28.9. The van der Waals surface area contributed by atoms with Crippen LogP contribution in [0.5, 0.6) is 5.75 Å². The number of carbonyl (C=O) groups excluding carboxylic acids is 1. The van der Waals surface area contributed by atoms with Crippen molar-refractivity contribution in [3.05, 3.63) is 34.2 Å². The molecular weight excluding hydrogens is 324 g/mol. The van der Waals surface area contributed by atoms with Gasteiger partial charge in [0.15, 0.2) is 11.0 Å². The predicted molar refractivity (Wildman–Crippen MR) is 94.7 cm³/mol. The molecule has 0 bridgehead atoms. The molecule has 0 saturated carbocycles. The molecule has 0 unspecified atom stereocenters. The molecule has 134 valence electrons. The van der Waals surface area contributed by atoms with Gasteiger partial charge in [0, 0.05) is 38.3 Å². The third kappa shape index (κ3) is 3.46. The Bertz CT molecular complexity index is 837. The molecule has 0 radical (unpaired) electrons. The maximum absolute atomic E-state index is 12.5. The maximum atomic E-state index is 12.5. The molecule has 25 heavy (non-hydrogen) atoms. The summed E-state index contributed by atoms with van der Waals surface area (Å²) in [5.74, 6) is -0.140. The normalized spacial score (nSPS) is 15.4. The summed E-state index contributed by atoms with van der Waals surface area (Å²) >= 11 is 0. The lowest BCUT2D eigenvalue weighted by Gasteiger charge is -2.34. The number of piperazine rings is 1. The lowest BCUT2D eigenvalue weighted by atomic mass is 10.1. The maximum Gasteiger partial charge on any atom is 0.374 e. The van der Waals surface area contributed by atoms with Crippen LogP contribution in [0, 0.1) is 0 Å². The molecule has 2 heterocycles. The highest BCUT2D eigenvalue weighted by Crippen LogP contribution is 2.32. The number of nitrogens with zero attached hydrogens (tertiary/aromatic N) is 2. The summed E-state index contributed by atoms with van der Waals surface area (Å²) in [6.45, 7) is 5.32. The Morgan fingerprint density at radius 2 is 1.92 bits per heavy atom. The first-order chi connectivity index (χ1) is 12.0. The zero-order valence-electron chi connectivity index (χ0n) is 14.7. The average molecular weight is 346 g/mol. The fraction of sp³-hybridized carbons (Fsp3) is 0.444. The first-order valence-electron chi connectivity index (χ1n) is 8.30. The molecule has 3 rings (SSSR count). The quantitative estimate of drug-likeness (QED) is 0.781. The monoisotopic (exact) mass is 346 g/mol. The zero-order chi connectivity index (χ0) is 18.0. The Labute approximate surface area is 145 Å². The van der Waals surface area contributed by atoms with E-state index in [-0.39, 0.29) is 17.8 Å². The highest BCUT2D eigenvalue weighted by atomic mass is 16.5. The zero-order valence-corrected chi connectivity index (χ0v) is 14.7. The van der Waals surface area contributed by atoms with E-state index in [1.165, 1.54) is 6.07 Å². The molecule has 0 amide bonds. The smallest absolute Gasteiger partial charge is 0.374 e. The Morgan fingerprint density at radius 3 is 2.56 bits per heavy atom. The molecule has 1 aliphatic heterocycles. The summed E-state index contributed by atoms with van der Waals surface area (Å²) in [6, 6.07) is 4.65. The van der Waals surface area contributed by atoms with Crippen molar-refractivity contribution < 1.29 is 18.7 Å². The van der Waals surface area contributed by atoms with Crippen molar-refractivity contribution in [2.45, 2.75) is 6.92 Å². The number of likely N-dealkylation sites (N-methyl/N-ethyl adjacent to an activating group) is 1. The topological polar surface area (TPSA) is 72.2 Å². The molecule has 1 fully saturated rings. The lowest BCUT2D eigenvalue weighted by molar-refractivity contribution is 0.0490. The number of carbonyl (C=O) groups is 1. The van der Waals surface area contributed by atoms with Gasteiger partial charge in [-0.25, -0.2) is 4.79 Å². The number of anilines is 1. The minimum atomic E-state index is -0.637. The van der Waals surface area contributed by atoms with E-state index in [4.69, 9.17) is 13.9 Å². The molecule has 1 aromatic heterocycles. The van der Waals surface area contributed by atoms with Crippen molar-refractivity contribution in [3.8, 4) is 5.75 Å². The van der Waals surface area contributed by atoms with Gasteiger partial charge in [-0.3, -0.25) is 4.79 Å². The second-order valence-electron chi connectivity index (χ2n) is 6.01. The van der Waals surface area contributed by atoms with Crippen LogP contribution < -0.4 is 15.1 Å². The molecule has 0 spiro atoms. The van der Waals surface area contributed by atoms with Crippen LogP contribution in [-0.4, -0.2) is 57.8 Å². The molecule has 2 aromatic rings. The molecular formula is C18H22N2O5. The largest absolute Gasteiger partial charge is 0.497 e. The number of benzene rings is 1. The van der Waals surface area contributed by atoms with Gasteiger partial charge in [0.1, 0.15) is 5.75 Å². The Kier molecular flexibility index (Phi) is 4.94. The predicted octanol–water partition coefficient (Wildman–Crippen LogP) is 1.73. The minimum Gasteiger partial charge on any atom is -0.497 e. The van der Waals surface area contributed by atoms with E-state index in [2.05, 4.69) is 16.8 Å². The average Bonchev–Trinajstić information content (AvgIpc) is 2.62. The van der Waals surface area contributed by atoms with Gasteiger partial charge >= 0.3 is 5.97 Å². The van der Waals surface area contributed by atoms with E-state index in [0.717, 1.165) is 31.9 Å². The number of fused-ring (bicyclic) bond motifs is 1. The number of ether oxygens (including phenoxy) is 2. The van der Waals surface area contributed by atoms with Crippen LogP contribution in [0.1, 0.15) is 17.5 Å². The summed E-state index contributed by atoms with van der Waals surface area (Å²) in [6.07, 6.45) is 0. The van der Waals surface area contributed by atoms with Gasteiger partial charge in [-0.2, -0.15) is 0 Å². The summed E-state index contributed by atoms with van der Waals surface area (Å²) in [7, 11) is 3.63. The van der Waals surface area contributed by atoms with Gasteiger partial charge in [-0.05, 0) is 20.0 Å². The van der Waals surface area contributed by atoms with Gasteiger partial charge in [-0.1, -0.05) is 0 Å². The molecule has 1 aliphatic rings. The van der Waals surface area contributed by atoms with Gasteiger partial charge < -0.3 is 23.7 Å². The fourth-order valence-corrected chi connectivity index (χ4v) is 2.92. The number of hydrogen-bond donors (Lipinski definition) is 0. The number of rotatable bonds is 4. The highest BCUT2D eigenvalue weighted by Gasteiger charge is 2.22. The van der Waals surface area contributed by atoms with Crippen LogP contribution in [0.15, 0.2) is 27.4 Å². The van der Waals surface area contributed by atoms with Gasteiger partial charge in [0.05, 0.1) is 24.8 Å². The minimum absolute atomic E-state index is 0.0834. The van der Waals surface area contributed by atoms with Crippen molar-refractivity contribution >= 4 is 22.6 Å². The molecule has 7 nitrogen and oxygen atoms in total. The molecule has 7 heteroatoms. The van der Waals surface area contributed by atoms with Crippen LogP contribution >= 0.6 is 0 Å². The third-order valence-electron chi connectivity index (χ3n) is 4.34. The fourth-order valence-electron chi connectivity index (χ4n) is 2.92. The SMILES string of the molecule is CCOC(=O)c1cc(=O)c2cc(OC)cc(N3CCN(C)CC3)c2o1. The van der Waals surface area contributed by atoms with Crippen molar-refractivity contribution in [1.82, 2.24) is 4.90 Å². The number of hydrogen-bond acceptors (Lipinski definition) is 7. The van der Waals surface area contributed by atoms with E-state index in [9.17, 15) is 9.59 Å². The third-order valence-corrected chi connectivity index (χ3v) is 4.34. The van der Waals surface area contributed by atoms with Crippen molar-refractivity contribution in [3.63, 3.8) is 0 Å². The second kappa shape index (κ2) is 7.14. The molecule has 1 saturated heterocycles. The summed E-state index contributed by atoms with van der Waals surface area (Å²) < 4.78 is 16.1. The van der Waals surface area contributed by atoms with Crippen LogP contribution in [0.4, 0.5) is 5.69 Å². The van der Waals surface area contributed by atoms with Crippen LogP contribution in [0.25, 0.3) is 11.0 Å². The second-order valence-corrected chi connectivity index (χ2v) is 6.01. The highest BCUT2D eigenvalue weighted by molar-refractivity contribution is 5.94. The standard InChI is InChI=1S/C18H22N2O5/c1-4-24-18(22)16-11-15(21)13-9-12(23-3)10-14(17(13)25-16)20-7-5-19(2)6-8-20/h9-11H,4-8H2,1-3H3. The summed E-state index contributed by atoms with van der Waals surface area (Å²) in [5, 5.41) is 0.390.